The summed E-state index contributed by atoms with van der Waals surface area (Å²) in [4.78, 5) is 0. The van der Waals surface area contributed by atoms with Crippen LogP contribution < -0.4 is 5.73 Å². The van der Waals surface area contributed by atoms with Crippen molar-refractivity contribution in [2.24, 2.45) is 0 Å². The molecule has 0 unspecified atom stereocenters. The second-order valence-electron chi connectivity index (χ2n) is 3.74. The van der Waals surface area contributed by atoms with Gasteiger partial charge in [0, 0.05) is 18.1 Å². The van der Waals surface area contributed by atoms with Crippen LogP contribution in [0.25, 0.3) is 11.3 Å². The van der Waals surface area contributed by atoms with Crippen molar-refractivity contribution in [2.45, 2.75) is 19.3 Å². The van der Waals surface area contributed by atoms with Crippen LogP contribution in [-0.4, -0.2) is 11.6 Å². The van der Waals surface area contributed by atoms with E-state index in [1.54, 1.807) is 30.3 Å². The molecule has 0 amide bonds. The molecule has 5 heteroatoms. The monoisotopic (exact) mass is 238 g/mol. The summed E-state index contributed by atoms with van der Waals surface area (Å²) in [5.41, 5.74) is 7.14. The fourth-order valence-corrected chi connectivity index (χ4v) is 1.54. The summed E-state index contributed by atoms with van der Waals surface area (Å²) in [5.74, 6) is 0.893. The molecule has 0 bridgehead atoms. The maximum atomic E-state index is 12.0. The Morgan fingerprint density at radius 1 is 1.24 bits per heavy atom. The van der Waals surface area contributed by atoms with E-state index >= 15 is 0 Å². The molecule has 2 aromatic rings. The number of rotatable bonds is 4. The first-order chi connectivity index (χ1) is 8.15. The predicted octanol–water partition coefficient (Wildman–Crippen LogP) is 3.12. The van der Waals surface area contributed by atoms with Gasteiger partial charge in [-0.05, 0) is 12.0 Å². The highest BCUT2D eigenvalue weighted by molar-refractivity contribution is 5.60. The average Bonchev–Trinajstić information content (AvgIpc) is 2.74. The Kier molecular flexibility index (Phi) is 3.37. The second-order valence-corrected chi connectivity index (χ2v) is 3.74. The first-order valence-electron chi connectivity index (χ1n) is 5.25. The Labute approximate surface area is 97.2 Å². The fourth-order valence-electron chi connectivity index (χ4n) is 1.54. The quantitative estimate of drug-likeness (QED) is 0.890. The first kappa shape index (κ1) is 11.6. The molecule has 3 nitrogen and oxygen atoms in total. The van der Waals surface area contributed by atoms with E-state index in [1.807, 2.05) is 0 Å². The number of aromatic nitrogens is 1. The predicted molar refractivity (Wildman–Crippen MR) is 60.7 cm³/mol. The van der Waals surface area contributed by atoms with Crippen molar-refractivity contribution in [2.75, 3.05) is 5.73 Å². The number of alkyl halides is 2. The largest absolute Gasteiger partial charge is 0.381 e. The molecule has 1 heterocycles. The Hall–Kier alpha value is -1.91. The minimum Gasteiger partial charge on any atom is -0.381 e. The molecule has 0 aliphatic heterocycles. The Bertz CT molecular complexity index is 480. The van der Waals surface area contributed by atoms with Crippen LogP contribution >= 0.6 is 0 Å². The highest BCUT2D eigenvalue weighted by Gasteiger charge is 2.06. The number of aryl methyl sites for hydroxylation is 1. The highest BCUT2D eigenvalue weighted by atomic mass is 19.3. The summed E-state index contributed by atoms with van der Waals surface area (Å²) < 4.78 is 29.1. The van der Waals surface area contributed by atoms with Gasteiger partial charge in [-0.15, -0.1) is 0 Å². The Balaban J connectivity index is 2.07. The highest BCUT2D eigenvalue weighted by Crippen LogP contribution is 2.22. The average molecular weight is 238 g/mol. The third kappa shape index (κ3) is 3.03. The van der Waals surface area contributed by atoms with Crippen LogP contribution in [0.2, 0.25) is 0 Å². The lowest BCUT2D eigenvalue weighted by Gasteiger charge is -2.01. The summed E-state index contributed by atoms with van der Waals surface area (Å²) in [6.45, 7) is 0. The zero-order valence-corrected chi connectivity index (χ0v) is 9.07. The third-order valence-corrected chi connectivity index (χ3v) is 2.42. The third-order valence-electron chi connectivity index (χ3n) is 2.42. The number of nitrogens with two attached hydrogens (primary N) is 1. The van der Waals surface area contributed by atoms with Crippen molar-refractivity contribution < 1.29 is 13.3 Å². The van der Waals surface area contributed by atoms with E-state index in [4.69, 9.17) is 10.3 Å². The van der Waals surface area contributed by atoms with Gasteiger partial charge in [-0.2, -0.15) is 0 Å². The summed E-state index contributed by atoms with van der Waals surface area (Å²) in [6, 6.07) is 8.84. The molecule has 0 atom stereocenters. The van der Waals surface area contributed by atoms with Crippen LogP contribution in [0.1, 0.15) is 12.0 Å². The number of hydrogen-bond acceptors (Lipinski definition) is 3. The smallest absolute Gasteiger partial charge is 0.239 e. The molecule has 1 aromatic heterocycles. The minimum atomic E-state index is -2.26. The minimum absolute atomic E-state index is 0.116. The van der Waals surface area contributed by atoms with Gasteiger partial charge in [0.25, 0.3) is 0 Å². The Morgan fingerprint density at radius 3 is 2.47 bits per heavy atom. The topological polar surface area (TPSA) is 52.0 Å². The van der Waals surface area contributed by atoms with Gasteiger partial charge >= 0.3 is 0 Å². The molecule has 2 rings (SSSR count). The standard InChI is InChI=1S/C12H12F2N2O/c13-11(14)6-3-8-1-4-9(5-2-8)10-7-12(15)16-17-10/h1-2,4-5,7,11H,3,6H2,(H2,15,16). The first-order valence-corrected chi connectivity index (χ1v) is 5.25. The Morgan fingerprint density at radius 2 is 1.94 bits per heavy atom. The number of halogens is 2. The molecule has 17 heavy (non-hydrogen) atoms. The van der Waals surface area contributed by atoms with Crippen molar-refractivity contribution in [1.82, 2.24) is 5.16 Å². The second kappa shape index (κ2) is 4.95. The number of nitrogens with zero attached hydrogens (tertiary/aromatic N) is 1. The van der Waals surface area contributed by atoms with Crippen LogP contribution in [0, 0.1) is 0 Å². The fraction of sp³-hybridized carbons (Fsp3) is 0.250. The van der Waals surface area contributed by atoms with Gasteiger partial charge in [0.15, 0.2) is 11.6 Å². The van der Waals surface area contributed by atoms with Gasteiger partial charge in [-0.3, -0.25) is 0 Å². The van der Waals surface area contributed by atoms with Gasteiger partial charge in [0.1, 0.15) is 0 Å². The number of nitrogen functional groups attached to an aromatic ring is 1. The zero-order chi connectivity index (χ0) is 12.3. The maximum Gasteiger partial charge on any atom is 0.239 e. The number of benzene rings is 1. The van der Waals surface area contributed by atoms with Gasteiger partial charge in [-0.25, -0.2) is 8.78 Å². The molecular weight excluding hydrogens is 226 g/mol. The summed E-state index contributed by atoms with van der Waals surface area (Å²) in [7, 11) is 0. The van der Waals surface area contributed by atoms with Crippen molar-refractivity contribution >= 4 is 5.82 Å². The van der Waals surface area contributed by atoms with Crippen molar-refractivity contribution in [3.63, 3.8) is 0 Å². The van der Waals surface area contributed by atoms with Gasteiger partial charge < -0.3 is 10.3 Å². The number of anilines is 1. The molecular formula is C12H12F2N2O. The van der Waals surface area contributed by atoms with Gasteiger partial charge in [0.2, 0.25) is 6.43 Å². The summed E-state index contributed by atoms with van der Waals surface area (Å²) >= 11 is 0. The van der Waals surface area contributed by atoms with Crippen LogP contribution in [0.4, 0.5) is 14.6 Å². The molecule has 90 valence electrons. The molecule has 0 aliphatic carbocycles. The lowest BCUT2D eigenvalue weighted by molar-refractivity contribution is 0.138. The van der Waals surface area contributed by atoms with Crippen LogP contribution in [0.5, 0.6) is 0 Å². The van der Waals surface area contributed by atoms with Crippen LogP contribution in [-0.2, 0) is 6.42 Å². The molecule has 2 N–H and O–H groups in total. The lowest BCUT2D eigenvalue weighted by Crippen LogP contribution is -1.93. The van der Waals surface area contributed by atoms with E-state index in [2.05, 4.69) is 5.16 Å². The van der Waals surface area contributed by atoms with E-state index in [1.165, 1.54) is 0 Å². The zero-order valence-electron chi connectivity index (χ0n) is 9.07. The lowest BCUT2D eigenvalue weighted by atomic mass is 10.1. The maximum absolute atomic E-state index is 12.0. The number of hydrogen-bond donors (Lipinski definition) is 1. The van der Waals surface area contributed by atoms with E-state index in [0.717, 1.165) is 11.1 Å². The molecule has 1 aromatic carbocycles. The normalized spacial score (nSPS) is 11.0. The van der Waals surface area contributed by atoms with Crippen molar-refractivity contribution in [3.05, 3.63) is 35.9 Å². The van der Waals surface area contributed by atoms with E-state index < -0.39 is 6.43 Å². The molecule has 0 saturated heterocycles. The molecule has 0 spiro atoms. The molecule has 0 fully saturated rings. The molecule has 0 saturated carbocycles. The summed E-state index contributed by atoms with van der Waals surface area (Å²) in [5, 5.41) is 3.58. The van der Waals surface area contributed by atoms with Crippen LogP contribution in [0.3, 0.4) is 0 Å². The van der Waals surface area contributed by atoms with Crippen LogP contribution in [0.15, 0.2) is 34.9 Å². The van der Waals surface area contributed by atoms with E-state index in [-0.39, 0.29) is 6.42 Å². The van der Waals surface area contributed by atoms with Gasteiger partial charge in [-0.1, -0.05) is 29.4 Å². The summed E-state index contributed by atoms with van der Waals surface area (Å²) in [6.07, 6.45) is -2.01. The van der Waals surface area contributed by atoms with Crippen molar-refractivity contribution in [3.8, 4) is 11.3 Å². The molecule has 0 radical (unpaired) electrons. The van der Waals surface area contributed by atoms with Crippen molar-refractivity contribution in [1.29, 1.82) is 0 Å². The SMILES string of the molecule is Nc1cc(-c2ccc(CCC(F)F)cc2)on1. The van der Waals surface area contributed by atoms with Gasteiger partial charge in [0.05, 0.1) is 0 Å². The van der Waals surface area contributed by atoms with E-state index in [0.29, 0.717) is 18.0 Å². The van der Waals surface area contributed by atoms with E-state index in [9.17, 15) is 8.78 Å². The molecule has 0 aliphatic rings.